The third-order valence-corrected chi connectivity index (χ3v) is 5.92. The van der Waals surface area contributed by atoms with Gasteiger partial charge in [0.25, 0.3) is 5.22 Å². The first kappa shape index (κ1) is 18.1. The Balaban J connectivity index is 1.44. The number of rotatable bonds is 5. The van der Waals surface area contributed by atoms with Crippen LogP contribution in [0.5, 0.6) is 11.5 Å². The maximum absolute atomic E-state index is 6.07. The second kappa shape index (κ2) is 7.81. The van der Waals surface area contributed by atoms with E-state index in [0.29, 0.717) is 21.9 Å². The number of ether oxygens (including phenoxy) is 2. The van der Waals surface area contributed by atoms with Gasteiger partial charge in [0.2, 0.25) is 12.7 Å². The average molecular weight is 423 g/mol. The molecule has 1 aliphatic heterocycles. The molecular weight excluding hydrogens is 408 g/mol. The molecule has 4 aromatic rings. The van der Waals surface area contributed by atoms with Crippen molar-refractivity contribution in [1.29, 1.82) is 0 Å². The molecule has 0 saturated carbocycles. The normalized spacial score (nSPS) is 13.4. The number of hydrogen-bond donors (Lipinski definition) is 0. The van der Waals surface area contributed by atoms with Crippen LogP contribution in [-0.2, 0) is 0 Å². The summed E-state index contributed by atoms with van der Waals surface area (Å²) >= 11 is 7.57. The highest BCUT2D eigenvalue weighted by molar-refractivity contribution is 7.99. The Hall–Kier alpha value is -2.96. The lowest BCUT2D eigenvalue weighted by atomic mass is 10.0. The fourth-order valence-electron chi connectivity index (χ4n) is 3.10. The molecule has 0 aliphatic carbocycles. The topological polar surface area (TPSA) is 57.4 Å². The van der Waals surface area contributed by atoms with Crippen LogP contribution in [0.15, 0.2) is 82.4 Å². The summed E-state index contributed by atoms with van der Waals surface area (Å²) in [6.45, 7) is 0.226. The van der Waals surface area contributed by atoms with Crippen LogP contribution < -0.4 is 9.47 Å². The van der Waals surface area contributed by atoms with Crippen molar-refractivity contribution in [1.82, 2.24) is 10.2 Å². The molecule has 7 heteroatoms. The molecule has 0 radical (unpaired) electrons. The van der Waals surface area contributed by atoms with Gasteiger partial charge < -0.3 is 13.9 Å². The second-order valence-electron chi connectivity index (χ2n) is 6.40. The number of fused-ring (bicyclic) bond motifs is 1. The van der Waals surface area contributed by atoms with E-state index < -0.39 is 0 Å². The standard InChI is InChI=1S/C22H15ClN2O3S/c23-17-9-6-15(7-10-17)20(14-4-2-1-3-5-14)29-22-25-24-21(28-22)16-8-11-18-19(12-16)27-13-26-18/h1-12,20H,13H2. The molecule has 29 heavy (non-hydrogen) atoms. The minimum Gasteiger partial charge on any atom is -0.454 e. The van der Waals surface area contributed by atoms with E-state index in [9.17, 15) is 0 Å². The van der Waals surface area contributed by atoms with Gasteiger partial charge in [-0.1, -0.05) is 65.8 Å². The molecule has 3 aromatic carbocycles. The molecule has 0 saturated heterocycles. The van der Waals surface area contributed by atoms with Gasteiger partial charge in [-0.15, -0.1) is 10.2 Å². The maximum atomic E-state index is 6.07. The van der Waals surface area contributed by atoms with Gasteiger partial charge in [-0.3, -0.25) is 0 Å². The highest BCUT2D eigenvalue weighted by Gasteiger charge is 2.21. The van der Waals surface area contributed by atoms with Gasteiger partial charge in [0.15, 0.2) is 11.5 Å². The first-order chi connectivity index (χ1) is 14.3. The number of hydrogen-bond acceptors (Lipinski definition) is 6. The minimum absolute atomic E-state index is 0.00137. The van der Waals surface area contributed by atoms with Gasteiger partial charge in [0.1, 0.15) is 0 Å². The molecule has 0 N–H and O–H groups in total. The van der Waals surface area contributed by atoms with Crippen molar-refractivity contribution in [3.63, 3.8) is 0 Å². The summed E-state index contributed by atoms with van der Waals surface area (Å²) in [4.78, 5) is 0. The summed E-state index contributed by atoms with van der Waals surface area (Å²) in [5, 5.41) is 9.64. The Labute approximate surface area is 176 Å². The zero-order valence-electron chi connectivity index (χ0n) is 15.1. The third kappa shape index (κ3) is 3.81. The van der Waals surface area contributed by atoms with Crippen molar-refractivity contribution < 1.29 is 13.9 Å². The van der Waals surface area contributed by atoms with Gasteiger partial charge in [-0.05, 0) is 41.5 Å². The first-order valence-corrected chi connectivity index (χ1v) is 10.2. The van der Waals surface area contributed by atoms with Crippen LogP contribution >= 0.6 is 23.4 Å². The molecule has 0 spiro atoms. The van der Waals surface area contributed by atoms with Crippen molar-refractivity contribution in [2.75, 3.05) is 6.79 Å². The molecule has 1 unspecified atom stereocenters. The van der Waals surface area contributed by atoms with Crippen LogP contribution in [0.3, 0.4) is 0 Å². The van der Waals surface area contributed by atoms with Gasteiger partial charge in [-0.25, -0.2) is 0 Å². The third-order valence-electron chi connectivity index (χ3n) is 4.52. The highest BCUT2D eigenvalue weighted by atomic mass is 35.5. The molecule has 2 heterocycles. The number of aromatic nitrogens is 2. The van der Waals surface area contributed by atoms with Crippen molar-refractivity contribution in [2.45, 2.75) is 10.5 Å². The van der Waals surface area contributed by atoms with E-state index in [0.717, 1.165) is 22.4 Å². The molecule has 1 aromatic heterocycles. The van der Waals surface area contributed by atoms with Crippen LogP contribution in [0, 0.1) is 0 Å². The van der Waals surface area contributed by atoms with Crippen LogP contribution in [0.25, 0.3) is 11.5 Å². The molecule has 5 nitrogen and oxygen atoms in total. The lowest BCUT2D eigenvalue weighted by Crippen LogP contribution is -1.96. The zero-order valence-corrected chi connectivity index (χ0v) is 16.7. The van der Waals surface area contributed by atoms with Crippen molar-refractivity contribution in [3.8, 4) is 23.0 Å². The number of thioether (sulfide) groups is 1. The number of benzene rings is 3. The van der Waals surface area contributed by atoms with Crippen molar-refractivity contribution in [3.05, 3.63) is 88.9 Å². The van der Waals surface area contributed by atoms with Gasteiger partial charge in [0.05, 0.1) is 5.25 Å². The molecular formula is C22H15ClN2O3S. The van der Waals surface area contributed by atoms with Gasteiger partial charge in [-0.2, -0.15) is 0 Å². The zero-order chi connectivity index (χ0) is 19.6. The molecule has 0 amide bonds. The van der Waals surface area contributed by atoms with E-state index >= 15 is 0 Å². The Bertz CT molecular complexity index is 1130. The summed E-state index contributed by atoms with van der Waals surface area (Å²) in [5.74, 6) is 1.83. The summed E-state index contributed by atoms with van der Waals surface area (Å²) in [7, 11) is 0. The van der Waals surface area contributed by atoms with E-state index in [1.54, 1.807) is 0 Å². The molecule has 1 atom stereocenters. The Morgan fingerprint density at radius 2 is 1.59 bits per heavy atom. The van der Waals surface area contributed by atoms with E-state index in [-0.39, 0.29) is 12.0 Å². The smallest absolute Gasteiger partial charge is 0.277 e. The molecule has 144 valence electrons. The summed E-state index contributed by atoms with van der Waals surface area (Å²) in [5.41, 5.74) is 3.03. The van der Waals surface area contributed by atoms with E-state index in [1.807, 2.05) is 60.7 Å². The van der Waals surface area contributed by atoms with Crippen LogP contribution in [0.2, 0.25) is 5.02 Å². The minimum atomic E-state index is -0.00137. The predicted molar refractivity (Wildman–Crippen MR) is 111 cm³/mol. The molecule has 1 aliphatic rings. The van der Waals surface area contributed by atoms with Crippen LogP contribution in [-0.4, -0.2) is 17.0 Å². The molecule has 5 rings (SSSR count). The Kier molecular flexibility index (Phi) is 4.87. The maximum Gasteiger partial charge on any atom is 0.277 e. The fraction of sp³-hybridized carbons (Fsp3) is 0.0909. The molecule has 0 bridgehead atoms. The van der Waals surface area contributed by atoms with Gasteiger partial charge in [0, 0.05) is 10.6 Å². The first-order valence-electron chi connectivity index (χ1n) is 8.97. The summed E-state index contributed by atoms with van der Waals surface area (Å²) < 4.78 is 16.7. The Morgan fingerprint density at radius 3 is 2.41 bits per heavy atom. The highest BCUT2D eigenvalue weighted by Crippen LogP contribution is 2.41. The van der Waals surface area contributed by atoms with Crippen LogP contribution in [0.1, 0.15) is 16.4 Å². The van der Waals surface area contributed by atoms with E-state index in [1.165, 1.54) is 11.8 Å². The SMILES string of the molecule is Clc1ccc(C(Sc2nnc(-c3ccc4c(c3)OCO4)o2)c2ccccc2)cc1. The van der Waals surface area contributed by atoms with E-state index in [4.69, 9.17) is 25.5 Å². The fourth-order valence-corrected chi connectivity index (χ4v) is 4.23. The quantitative estimate of drug-likeness (QED) is 0.367. The van der Waals surface area contributed by atoms with E-state index in [2.05, 4.69) is 22.3 Å². The monoisotopic (exact) mass is 422 g/mol. The largest absolute Gasteiger partial charge is 0.454 e. The van der Waals surface area contributed by atoms with Crippen LogP contribution in [0.4, 0.5) is 0 Å². The summed E-state index contributed by atoms with van der Waals surface area (Å²) in [6, 6.07) is 23.6. The second-order valence-corrected chi connectivity index (χ2v) is 7.89. The van der Waals surface area contributed by atoms with Gasteiger partial charge >= 0.3 is 0 Å². The lowest BCUT2D eigenvalue weighted by molar-refractivity contribution is 0.174. The lowest BCUT2D eigenvalue weighted by Gasteiger charge is -2.15. The average Bonchev–Trinajstić information content (AvgIpc) is 3.42. The summed E-state index contributed by atoms with van der Waals surface area (Å²) in [6.07, 6.45) is 0. The Morgan fingerprint density at radius 1 is 0.828 bits per heavy atom. The number of nitrogens with zero attached hydrogens (tertiary/aromatic N) is 2. The number of halogens is 1. The van der Waals surface area contributed by atoms with Crippen molar-refractivity contribution in [2.24, 2.45) is 0 Å². The van der Waals surface area contributed by atoms with Crippen molar-refractivity contribution >= 4 is 23.4 Å². The predicted octanol–water partition coefficient (Wildman–Crippen LogP) is 6.00. The molecule has 0 fully saturated rings.